The van der Waals surface area contributed by atoms with Crippen molar-refractivity contribution in [3.63, 3.8) is 0 Å². The van der Waals surface area contributed by atoms with E-state index in [1.807, 2.05) is 38.4 Å². The number of aryl methyl sites for hydroxylation is 2. The fourth-order valence-corrected chi connectivity index (χ4v) is 8.81. The van der Waals surface area contributed by atoms with Crippen molar-refractivity contribution in [3.05, 3.63) is 88.2 Å². The molecule has 5 aromatic rings. The van der Waals surface area contributed by atoms with Gasteiger partial charge in [0.2, 0.25) is 23.6 Å². The molecular weight excluding hydrogens is 797 g/mol. The average molecular weight is 857 g/mol. The lowest BCUT2D eigenvalue weighted by Crippen LogP contribution is -2.44. The molecule has 0 aliphatic carbocycles. The zero-order valence-corrected chi connectivity index (χ0v) is 36.9. The molecule has 2 saturated heterocycles. The van der Waals surface area contributed by atoms with Crippen molar-refractivity contribution in [2.45, 2.75) is 124 Å². The Hall–Kier alpha value is -5.19. The van der Waals surface area contributed by atoms with Crippen LogP contribution in [0.25, 0.3) is 20.9 Å². The number of thiazole rings is 2. The highest BCUT2D eigenvalue weighted by Gasteiger charge is 2.33. The fourth-order valence-electron chi connectivity index (χ4n) is 6.70. The summed E-state index contributed by atoms with van der Waals surface area (Å²) in [5, 5.41) is 4.56. The van der Waals surface area contributed by atoms with E-state index < -0.39 is 11.9 Å². The van der Waals surface area contributed by atoms with Crippen LogP contribution in [0, 0.1) is 13.8 Å². The molecular formula is C44H60N10O4S2. The summed E-state index contributed by atoms with van der Waals surface area (Å²) >= 11 is 3.09. The minimum absolute atomic E-state index is 0. The summed E-state index contributed by atoms with van der Waals surface area (Å²) in [6, 6.07) is 7.66. The van der Waals surface area contributed by atoms with Gasteiger partial charge >= 0.3 is 0 Å². The van der Waals surface area contributed by atoms with Crippen molar-refractivity contribution in [2.75, 3.05) is 13.1 Å². The smallest absolute Gasteiger partial charge is 0.240 e. The number of likely N-dealkylation sites (tertiary alicyclic amines) is 1. The predicted octanol–water partition coefficient (Wildman–Crippen LogP) is 6.58. The molecule has 0 saturated carbocycles. The second-order valence-corrected chi connectivity index (χ2v) is 19.0. The number of nitrogens with zero attached hydrogens (tertiary/aromatic N) is 7. The van der Waals surface area contributed by atoms with E-state index in [2.05, 4.69) is 83.9 Å². The molecule has 2 atom stereocenters. The molecule has 60 heavy (non-hydrogen) atoms. The van der Waals surface area contributed by atoms with Gasteiger partial charge in [-0.1, -0.05) is 49.0 Å². The van der Waals surface area contributed by atoms with Gasteiger partial charge in [0.05, 0.1) is 40.0 Å². The first-order valence-corrected chi connectivity index (χ1v) is 21.4. The Bertz CT molecular complexity index is 2250. The van der Waals surface area contributed by atoms with Crippen LogP contribution in [0.1, 0.15) is 112 Å². The number of hydrogen-bond acceptors (Lipinski definition) is 12. The van der Waals surface area contributed by atoms with E-state index in [4.69, 9.17) is 11.5 Å². The Balaban J connectivity index is 0.000000221. The van der Waals surface area contributed by atoms with Crippen molar-refractivity contribution < 1.29 is 19.2 Å². The van der Waals surface area contributed by atoms with Crippen LogP contribution in [-0.2, 0) is 38.1 Å². The SMILES string of the molecule is C.Cc1nc(CC(=O)N2CCC[C@H]2C(N)=O)sc1-c1ccnc(C(C)(C)C)c1.Cc1nc(CC(=O)n2ccnc2)sc1-c1ccnc(C(C)(C)C)c1.NC(=O)[C@@H]1CCCN1. The van der Waals surface area contributed by atoms with Crippen LogP contribution in [0.3, 0.4) is 0 Å². The molecule has 0 aromatic carbocycles. The van der Waals surface area contributed by atoms with Gasteiger partial charge in [-0.25, -0.2) is 15.0 Å². The van der Waals surface area contributed by atoms with Gasteiger partial charge in [-0.15, -0.1) is 22.7 Å². The number of amides is 3. The summed E-state index contributed by atoms with van der Waals surface area (Å²) in [7, 11) is 0. The molecule has 7 heterocycles. The molecule has 7 rings (SSSR count). The maximum absolute atomic E-state index is 12.6. The van der Waals surface area contributed by atoms with Crippen LogP contribution in [0.15, 0.2) is 55.4 Å². The van der Waals surface area contributed by atoms with Gasteiger partial charge in [0.25, 0.3) is 0 Å². The molecule has 14 nitrogen and oxygen atoms in total. The molecule has 2 aliphatic rings. The first-order chi connectivity index (χ1) is 27.8. The lowest BCUT2D eigenvalue weighted by Gasteiger charge is -2.21. The van der Waals surface area contributed by atoms with E-state index in [0.29, 0.717) is 13.0 Å². The van der Waals surface area contributed by atoms with Crippen molar-refractivity contribution in [3.8, 4) is 20.9 Å². The molecule has 16 heteroatoms. The number of aromatic nitrogens is 6. The van der Waals surface area contributed by atoms with Crippen LogP contribution >= 0.6 is 22.7 Å². The topological polar surface area (TPSA) is 205 Å². The largest absolute Gasteiger partial charge is 0.368 e. The van der Waals surface area contributed by atoms with E-state index in [0.717, 1.165) is 79.5 Å². The number of carbonyl (C=O) groups is 4. The van der Waals surface area contributed by atoms with Gasteiger partial charge in [0, 0.05) is 53.5 Å². The van der Waals surface area contributed by atoms with Crippen LogP contribution in [0.4, 0.5) is 0 Å². The fraction of sp³-hybridized carbons (Fsp3) is 0.477. The third-order valence-electron chi connectivity index (χ3n) is 9.97. The number of imidazole rings is 1. The van der Waals surface area contributed by atoms with Gasteiger partial charge in [-0.05, 0) is 81.5 Å². The van der Waals surface area contributed by atoms with Crippen LogP contribution in [-0.4, -0.2) is 83.2 Å². The highest BCUT2D eigenvalue weighted by molar-refractivity contribution is 7.15. The number of nitrogens with two attached hydrogens (primary N) is 2. The van der Waals surface area contributed by atoms with E-state index in [1.54, 1.807) is 28.6 Å². The second kappa shape index (κ2) is 20.4. The summed E-state index contributed by atoms with van der Waals surface area (Å²) < 4.78 is 1.49. The average Bonchev–Trinajstić information content (AvgIpc) is 4.03. The third kappa shape index (κ3) is 12.4. The van der Waals surface area contributed by atoms with Crippen LogP contribution < -0.4 is 16.8 Å². The van der Waals surface area contributed by atoms with Gasteiger partial charge < -0.3 is 21.7 Å². The standard InChI is InChI=1S/C20H26N4O2S.C18H20N4OS.C5H10N2O.CH4/c1-12-18(13-7-8-22-15(10-13)20(2,3)4)27-16(23-12)11-17(25)24-9-5-6-14(24)19(21)26;1-12-17(13-5-6-20-14(9-13)18(2,3)4)24-15(21-12)10-16(23)22-8-7-19-11-22;6-5(8)4-2-1-3-7-4;/h7-8,10,14H,5-6,9,11H2,1-4H3,(H2,21,26);5-9,11H,10H2,1-4H3;4,7H,1-3H2,(H2,6,8);1H4/t14-;;4-;/m0.0./s1. The maximum Gasteiger partial charge on any atom is 0.240 e. The monoisotopic (exact) mass is 856 g/mol. The molecule has 0 radical (unpaired) electrons. The van der Waals surface area contributed by atoms with Gasteiger partial charge in [0.15, 0.2) is 0 Å². The lowest BCUT2D eigenvalue weighted by molar-refractivity contribution is -0.136. The third-order valence-corrected chi connectivity index (χ3v) is 12.4. The molecule has 0 spiro atoms. The maximum atomic E-state index is 12.6. The Kier molecular flexibility index (Phi) is 16.1. The molecule has 5 aromatic heterocycles. The van der Waals surface area contributed by atoms with E-state index in [9.17, 15) is 19.2 Å². The Morgan fingerprint density at radius 1 is 0.767 bits per heavy atom. The summed E-state index contributed by atoms with van der Waals surface area (Å²) in [6.45, 7) is 18.3. The zero-order chi connectivity index (χ0) is 43.1. The van der Waals surface area contributed by atoms with Crippen LogP contribution in [0.5, 0.6) is 0 Å². The molecule has 5 N–H and O–H groups in total. The number of carbonyl (C=O) groups excluding carboxylic acids is 4. The number of hydrogen-bond donors (Lipinski definition) is 3. The molecule has 322 valence electrons. The van der Waals surface area contributed by atoms with Crippen LogP contribution in [0.2, 0.25) is 0 Å². The number of nitrogens with one attached hydrogen (secondary N) is 1. The highest BCUT2D eigenvalue weighted by atomic mass is 32.1. The molecule has 3 amide bonds. The van der Waals surface area contributed by atoms with Crippen molar-refractivity contribution in [1.82, 2.24) is 39.7 Å². The van der Waals surface area contributed by atoms with E-state index in [1.165, 1.54) is 22.2 Å². The van der Waals surface area contributed by atoms with Gasteiger partial charge in [-0.2, -0.15) is 0 Å². The second-order valence-electron chi connectivity index (χ2n) is 16.8. The minimum atomic E-state index is -0.479. The van der Waals surface area contributed by atoms with Gasteiger partial charge in [-0.3, -0.25) is 33.7 Å². The molecule has 2 fully saturated rings. The number of rotatable bonds is 8. The summed E-state index contributed by atoms with van der Waals surface area (Å²) in [6.07, 6.45) is 12.4. The van der Waals surface area contributed by atoms with Crippen molar-refractivity contribution in [2.24, 2.45) is 11.5 Å². The summed E-state index contributed by atoms with van der Waals surface area (Å²) in [5.41, 5.74) is 16.5. The summed E-state index contributed by atoms with van der Waals surface area (Å²) in [5.74, 6) is -0.759. The highest BCUT2D eigenvalue weighted by Crippen LogP contribution is 2.34. The quantitative estimate of drug-likeness (QED) is 0.153. The lowest BCUT2D eigenvalue weighted by atomic mass is 9.90. The first kappa shape index (κ1) is 47.5. The molecule has 0 bridgehead atoms. The van der Waals surface area contributed by atoms with E-state index >= 15 is 0 Å². The van der Waals surface area contributed by atoms with Gasteiger partial charge in [0.1, 0.15) is 22.4 Å². The Morgan fingerprint density at radius 2 is 1.30 bits per heavy atom. The molecule has 2 aliphatic heterocycles. The number of pyridine rings is 2. The predicted molar refractivity (Wildman–Crippen MR) is 239 cm³/mol. The first-order valence-electron chi connectivity index (χ1n) is 19.8. The summed E-state index contributed by atoms with van der Waals surface area (Å²) in [4.78, 5) is 72.5. The van der Waals surface area contributed by atoms with Crippen molar-refractivity contribution >= 4 is 46.3 Å². The van der Waals surface area contributed by atoms with Crippen molar-refractivity contribution in [1.29, 1.82) is 0 Å². The Labute approximate surface area is 361 Å². The molecule has 0 unspecified atom stereocenters. The van der Waals surface area contributed by atoms with E-state index in [-0.39, 0.29) is 54.9 Å². The normalized spacial score (nSPS) is 16.2. The Morgan fingerprint density at radius 3 is 1.72 bits per heavy atom. The minimum Gasteiger partial charge on any atom is -0.368 e. The number of primary amides is 2. The zero-order valence-electron chi connectivity index (χ0n) is 35.2.